The molecule has 0 atom stereocenters. The first kappa shape index (κ1) is 15.6. The fourth-order valence-electron chi connectivity index (χ4n) is 1.90. The first-order valence-corrected chi connectivity index (χ1v) is 7.41. The summed E-state index contributed by atoms with van der Waals surface area (Å²) in [6, 6.07) is 6.42. The maximum absolute atomic E-state index is 11.7. The van der Waals surface area contributed by atoms with Crippen LogP contribution in [0.1, 0.15) is 32.3 Å². The van der Waals surface area contributed by atoms with Gasteiger partial charge >= 0.3 is 0 Å². The van der Waals surface area contributed by atoms with Gasteiger partial charge in [0.1, 0.15) is 11.5 Å². The molecule has 0 aliphatic heterocycles. The van der Waals surface area contributed by atoms with Crippen molar-refractivity contribution >= 4 is 5.91 Å². The molecule has 1 amide bonds. The number of hydrogen-bond acceptors (Lipinski definition) is 4. The maximum atomic E-state index is 11.7. The van der Waals surface area contributed by atoms with Crippen molar-refractivity contribution in [1.82, 2.24) is 10.6 Å². The molecule has 21 heavy (non-hydrogen) atoms. The molecule has 0 aromatic heterocycles. The van der Waals surface area contributed by atoms with Crippen LogP contribution in [0.5, 0.6) is 11.5 Å². The van der Waals surface area contributed by atoms with Gasteiger partial charge in [0.25, 0.3) is 5.91 Å². The number of carbonyl (C=O) groups excluding carboxylic acids is 1. The average molecular weight is 292 g/mol. The van der Waals surface area contributed by atoms with Crippen molar-refractivity contribution in [2.45, 2.75) is 45.3 Å². The molecule has 1 aromatic rings. The summed E-state index contributed by atoms with van der Waals surface area (Å²) in [4.78, 5) is 11.7. The Morgan fingerprint density at radius 1 is 1.38 bits per heavy atom. The predicted molar refractivity (Wildman–Crippen MR) is 81.6 cm³/mol. The Hall–Kier alpha value is -1.75. The van der Waals surface area contributed by atoms with Gasteiger partial charge < -0.3 is 20.1 Å². The van der Waals surface area contributed by atoms with E-state index in [0.717, 1.165) is 24.2 Å². The van der Waals surface area contributed by atoms with Crippen molar-refractivity contribution in [2.75, 3.05) is 13.7 Å². The van der Waals surface area contributed by atoms with Crippen LogP contribution < -0.4 is 20.1 Å². The molecule has 2 rings (SSSR count). The summed E-state index contributed by atoms with van der Waals surface area (Å²) < 4.78 is 10.9. The lowest BCUT2D eigenvalue weighted by Gasteiger charge is -2.15. The summed E-state index contributed by atoms with van der Waals surface area (Å²) in [5, 5.41) is 6.26. The van der Waals surface area contributed by atoms with Crippen LogP contribution in [0, 0.1) is 0 Å². The molecule has 0 spiro atoms. The van der Waals surface area contributed by atoms with Crippen LogP contribution in [0.4, 0.5) is 0 Å². The number of amides is 1. The highest BCUT2D eigenvalue weighted by atomic mass is 16.5. The molecule has 0 radical (unpaired) electrons. The number of rotatable bonds is 8. The second-order valence-electron chi connectivity index (χ2n) is 5.64. The zero-order valence-corrected chi connectivity index (χ0v) is 12.9. The molecule has 116 valence electrons. The van der Waals surface area contributed by atoms with Crippen molar-refractivity contribution in [3.05, 3.63) is 23.8 Å². The quantitative estimate of drug-likeness (QED) is 0.768. The second-order valence-corrected chi connectivity index (χ2v) is 5.64. The SMILES string of the molecule is COc1ccc(CNC(C)C)c(OCC(=O)NC2CC2)c1. The van der Waals surface area contributed by atoms with Crippen LogP contribution in [0.15, 0.2) is 18.2 Å². The lowest BCUT2D eigenvalue weighted by molar-refractivity contribution is -0.123. The van der Waals surface area contributed by atoms with E-state index >= 15 is 0 Å². The van der Waals surface area contributed by atoms with Gasteiger partial charge in [-0.3, -0.25) is 4.79 Å². The maximum Gasteiger partial charge on any atom is 0.258 e. The summed E-state index contributed by atoms with van der Waals surface area (Å²) >= 11 is 0. The minimum Gasteiger partial charge on any atom is -0.497 e. The van der Waals surface area contributed by atoms with Crippen LogP contribution in [-0.4, -0.2) is 31.7 Å². The third-order valence-electron chi connectivity index (χ3n) is 3.28. The molecular formula is C16H24N2O3. The average Bonchev–Trinajstić information content (AvgIpc) is 3.27. The van der Waals surface area contributed by atoms with Crippen LogP contribution in [-0.2, 0) is 11.3 Å². The second kappa shape index (κ2) is 7.31. The summed E-state index contributed by atoms with van der Waals surface area (Å²) in [6.45, 7) is 4.92. The Bertz CT molecular complexity index is 484. The van der Waals surface area contributed by atoms with Gasteiger partial charge in [-0.2, -0.15) is 0 Å². The summed E-state index contributed by atoms with van der Waals surface area (Å²) in [7, 11) is 1.62. The molecule has 1 fully saturated rings. The van der Waals surface area contributed by atoms with Crippen molar-refractivity contribution in [1.29, 1.82) is 0 Å². The van der Waals surface area contributed by atoms with E-state index in [1.807, 2.05) is 18.2 Å². The molecule has 0 unspecified atom stereocenters. The van der Waals surface area contributed by atoms with E-state index in [1.54, 1.807) is 7.11 Å². The van der Waals surface area contributed by atoms with Crippen LogP contribution in [0.2, 0.25) is 0 Å². The number of methoxy groups -OCH3 is 1. The smallest absolute Gasteiger partial charge is 0.258 e. The topological polar surface area (TPSA) is 59.6 Å². The molecule has 1 aliphatic carbocycles. The van der Waals surface area contributed by atoms with Gasteiger partial charge in [-0.05, 0) is 18.9 Å². The Kier molecular flexibility index (Phi) is 5.44. The van der Waals surface area contributed by atoms with Crippen molar-refractivity contribution < 1.29 is 14.3 Å². The van der Waals surface area contributed by atoms with Crippen molar-refractivity contribution in [3.8, 4) is 11.5 Å². The van der Waals surface area contributed by atoms with Gasteiger partial charge in [-0.15, -0.1) is 0 Å². The van der Waals surface area contributed by atoms with E-state index in [-0.39, 0.29) is 12.5 Å². The van der Waals surface area contributed by atoms with E-state index in [1.165, 1.54) is 0 Å². The highest BCUT2D eigenvalue weighted by molar-refractivity contribution is 5.78. The first-order chi connectivity index (χ1) is 10.1. The highest BCUT2D eigenvalue weighted by Gasteiger charge is 2.23. The zero-order valence-electron chi connectivity index (χ0n) is 12.9. The number of benzene rings is 1. The Morgan fingerprint density at radius 3 is 2.76 bits per heavy atom. The Labute approximate surface area is 126 Å². The molecule has 1 aliphatic rings. The summed E-state index contributed by atoms with van der Waals surface area (Å²) in [5.41, 5.74) is 1.02. The van der Waals surface area contributed by atoms with Crippen LogP contribution in [0.25, 0.3) is 0 Å². The van der Waals surface area contributed by atoms with Crippen molar-refractivity contribution in [3.63, 3.8) is 0 Å². The number of carbonyl (C=O) groups is 1. The lowest BCUT2D eigenvalue weighted by atomic mass is 10.2. The molecule has 1 aromatic carbocycles. The third-order valence-corrected chi connectivity index (χ3v) is 3.28. The molecule has 0 bridgehead atoms. The molecule has 5 heteroatoms. The largest absolute Gasteiger partial charge is 0.497 e. The third kappa shape index (κ3) is 5.27. The van der Waals surface area contributed by atoms with Gasteiger partial charge in [0.05, 0.1) is 7.11 Å². The number of hydrogen-bond donors (Lipinski definition) is 2. The summed E-state index contributed by atoms with van der Waals surface area (Å²) in [6.07, 6.45) is 2.16. The molecule has 1 saturated carbocycles. The van der Waals surface area contributed by atoms with Crippen molar-refractivity contribution in [2.24, 2.45) is 0 Å². The summed E-state index contributed by atoms with van der Waals surface area (Å²) in [5.74, 6) is 1.34. The van der Waals surface area contributed by atoms with Crippen LogP contribution >= 0.6 is 0 Å². The normalized spacial score (nSPS) is 14.1. The minimum absolute atomic E-state index is 0.0400. The van der Waals surface area contributed by atoms with E-state index in [2.05, 4.69) is 24.5 Å². The molecule has 5 nitrogen and oxygen atoms in total. The van der Waals surface area contributed by atoms with Crippen LogP contribution in [0.3, 0.4) is 0 Å². The zero-order chi connectivity index (χ0) is 15.2. The monoisotopic (exact) mass is 292 g/mol. The standard InChI is InChI=1S/C16H24N2O3/c1-11(2)17-9-12-4-7-14(20-3)8-15(12)21-10-16(19)18-13-5-6-13/h4,7-8,11,13,17H,5-6,9-10H2,1-3H3,(H,18,19). The van der Waals surface area contributed by atoms with E-state index in [0.29, 0.717) is 24.4 Å². The molecular weight excluding hydrogens is 268 g/mol. The fraction of sp³-hybridized carbons (Fsp3) is 0.562. The molecule has 0 saturated heterocycles. The lowest BCUT2D eigenvalue weighted by Crippen LogP contribution is -2.30. The first-order valence-electron chi connectivity index (χ1n) is 7.41. The number of ether oxygens (including phenoxy) is 2. The van der Waals surface area contributed by atoms with Gasteiger partial charge in [0.15, 0.2) is 6.61 Å². The number of nitrogens with one attached hydrogen (secondary N) is 2. The van der Waals surface area contributed by atoms with E-state index in [9.17, 15) is 4.79 Å². The van der Waals surface area contributed by atoms with E-state index in [4.69, 9.17) is 9.47 Å². The minimum atomic E-state index is -0.0666. The molecule has 2 N–H and O–H groups in total. The predicted octanol–water partition coefficient (Wildman–Crippen LogP) is 1.85. The highest BCUT2D eigenvalue weighted by Crippen LogP contribution is 2.25. The Morgan fingerprint density at radius 2 is 2.14 bits per heavy atom. The van der Waals surface area contributed by atoms with Gasteiger partial charge in [0.2, 0.25) is 0 Å². The fourth-order valence-corrected chi connectivity index (χ4v) is 1.90. The van der Waals surface area contributed by atoms with Gasteiger partial charge in [-0.25, -0.2) is 0 Å². The van der Waals surface area contributed by atoms with Gasteiger partial charge in [-0.1, -0.05) is 19.9 Å². The molecule has 0 heterocycles. The van der Waals surface area contributed by atoms with E-state index < -0.39 is 0 Å². The Balaban J connectivity index is 1.97. The van der Waals surface area contributed by atoms with Gasteiger partial charge in [0, 0.05) is 30.3 Å².